The summed E-state index contributed by atoms with van der Waals surface area (Å²) in [7, 11) is 0. The zero-order chi connectivity index (χ0) is 12.6. The molecule has 17 heavy (non-hydrogen) atoms. The molecule has 2 amide bonds. The van der Waals surface area contributed by atoms with Crippen LogP contribution in [0.15, 0.2) is 12.1 Å². The Hall–Kier alpha value is -1.88. The Labute approximate surface area is 99.4 Å². The summed E-state index contributed by atoms with van der Waals surface area (Å²) in [5.41, 5.74) is 8.91. The van der Waals surface area contributed by atoms with Gasteiger partial charge in [0.2, 0.25) is 11.8 Å². The number of fused-ring (bicyclic) bond motifs is 1. The second-order valence-electron chi connectivity index (χ2n) is 4.31. The average molecular weight is 233 g/mol. The molecule has 0 aromatic heterocycles. The van der Waals surface area contributed by atoms with Crippen LogP contribution in [0.3, 0.4) is 0 Å². The van der Waals surface area contributed by atoms with Gasteiger partial charge in [0.1, 0.15) is 6.04 Å². The van der Waals surface area contributed by atoms with E-state index in [-0.39, 0.29) is 12.5 Å². The average Bonchev–Trinajstić information content (AvgIpc) is 2.51. The number of hydrogen-bond acceptors (Lipinski definition) is 3. The molecule has 0 radical (unpaired) electrons. The maximum atomic E-state index is 11.8. The van der Waals surface area contributed by atoms with E-state index in [1.54, 1.807) is 0 Å². The molecule has 90 valence electrons. The summed E-state index contributed by atoms with van der Waals surface area (Å²) in [6.07, 6.45) is 0. The molecule has 1 aromatic rings. The lowest BCUT2D eigenvalue weighted by molar-refractivity contribution is -0.119. The molecule has 1 aliphatic rings. The number of anilines is 1. The van der Waals surface area contributed by atoms with E-state index >= 15 is 0 Å². The van der Waals surface area contributed by atoms with Crippen LogP contribution >= 0.6 is 0 Å². The lowest BCUT2D eigenvalue weighted by atomic mass is 10.00. The fourth-order valence-electron chi connectivity index (χ4n) is 2.20. The highest BCUT2D eigenvalue weighted by atomic mass is 16.2. The van der Waals surface area contributed by atoms with Gasteiger partial charge in [0.25, 0.3) is 0 Å². The van der Waals surface area contributed by atoms with Crippen LogP contribution in [-0.2, 0) is 9.59 Å². The van der Waals surface area contributed by atoms with E-state index in [9.17, 15) is 9.59 Å². The third-order valence-electron chi connectivity index (χ3n) is 2.82. The largest absolute Gasteiger partial charge is 0.369 e. The lowest BCUT2D eigenvalue weighted by Gasteiger charge is -2.12. The van der Waals surface area contributed by atoms with Crippen LogP contribution in [0.5, 0.6) is 0 Å². The molecule has 1 aliphatic heterocycles. The van der Waals surface area contributed by atoms with Gasteiger partial charge in [-0.05, 0) is 31.0 Å². The van der Waals surface area contributed by atoms with Crippen molar-refractivity contribution in [2.45, 2.75) is 19.9 Å². The highest BCUT2D eigenvalue weighted by Crippen LogP contribution is 2.34. The number of carbonyl (C=O) groups excluding carboxylic acids is 2. The molecule has 0 aliphatic carbocycles. The van der Waals surface area contributed by atoms with Crippen LogP contribution in [0.4, 0.5) is 5.69 Å². The van der Waals surface area contributed by atoms with Gasteiger partial charge in [-0.15, -0.1) is 0 Å². The Bertz CT molecular complexity index is 497. The smallest absolute Gasteiger partial charge is 0.246 e. The molecule has 4 N–H and O–H groups in total. The number of primary amides is 1. The fourth-order valence-corrected chi connectivity index (χ4v) is 2.20. The molecule has 5 nitrogen and oxygen atoms in total. The first-order valence-electron chi connectivity index (χ1n) is 5.42. The summed E-state index contributed by atoms with van der Waals surface area (Å²) in [6, 6.07) is 3.45. The Kier molecular flexibility index (Phi) is 2.85. The molecule has 0 fully saturated rings. The summed E-state index contributed by atoms with van der Waals surface area (Å²) in [5.74, 6) is -0.619. The van der Waals surface area contributed by atoms with Gasteiger partial charge in [-0.25, -0.2) is 0 Å². The number of nitrogens with two attached hydrogens (primary N) is 1. The van der Waals surface area contributed by atoms with Crippen LogP contribution in [-0.4, -0.2) is 18.4 Å². The first-order valence-corrected chi connectivity index (χ1v) is 5.42. The molecular weight excluding hydrogens is 218 g/mol. The van der Waals surface area contributed by atoms with Crippen molar-refractivity contribution < 1.29 is 9.59 Å². The summed E-state index contributed by atoms with van der Waals surface area (Å²) >= 11 is 0. The fraction of sp³-hybridized carbons (Fsp3) is 0.333. The molecule has 0 saturated carbocycles. The van der Waals surface area contributed by atoms with Crippen LogP contribution < -0.4 is 16.4 Å². The first kappa shape index (κ1) is 11.6. The maximum absolute atomic E-state index is 11.8. The van der Waals surface area contributed by atoms with Gasteiger partial charge in [-0.1, -0.05) is 6.07 Å². The van der Waals surface area contributed by atoms with Gasteiger partial charge >= 0.3 is 0 Å². The van der Waals surface area contributed by atoms with E-state index in [0.717, 1.165) is 22.4 Å². The van der Waals surface area contributed by atoms with E-state index < -0.39 is 11.9 Å². The number of amides is 2. The molecule has 0 bridgehead atoms. The molecule has 2 rings (SSSR count). The van der Waals surface area contributed by atoms with Gasteiger partial charge in [0, 0.05) is 11.3 Å². The van der Waals surface area contributed by atoms with Crippen molar-refractivity contribution in [2.75, 3.05) is 11.9 Å². The van der Waals surface area contributed by atoms with Crippen molar-refractivity contribution in [2.24, 2.45) is 5.73 Å². The highest BCUT2D eigenvalue weighted by Gasteiger charge is 2.31. The van der Waals surface area contributed by atoms with Crippen molar-refractivity contribution in [3.05, 3.63) is 28.8 Å². The highest BCUT2D eigenvalue weighted by molar-refractivity contribution is 6.03. The van der Waals surface area contributed by atoms with E-state index in [2.05, 4.69) is 10.6 Å². The molecule has 0 saturated heterocycles. The van der Waals surface area contributed by atoms with E-state index in [1.165, 1.54) is 0 Å². The second-order valence-corrected chi connectivity index (χ2v) is 4.31. The minimum Gasteiger partial charge on any atom is -0.369 e. The molecule has 1 heterocycles. The van der Waals surface area contributed by atoms with Crippen LogP contribution in [0.25, 0.3) is 0 Å². The number of benzene rings is 1. The molecule has 1 aromatic carbocycles. The standard InChI is InChI=1S/C12H15N3O2/c1-6-3-7(2)10-8(4-6)15-12(17)11(10)14-5-9(13)16/h3-4,11,14H,5H2,1-2H3,(H2,13,16)(H,15,17). The predicted molar refractivity (Wildman–Crippen MR) is 64.5 cm³/mol. The minimum absolute atomic E-state index is 0.00908. The van der Waals surface area contributed by atoms with Gasteiger partial charge in [0.05, 0.1) is 6.54 Å². The summed E-state index contributed by atoms with van der Waals surface area (Å²) in [6.45, 7) is 3.92. The second kappa shape index (κ2) is 4.18. The molecule has 1 unspecified atom stereocenters. The number of carbonyl (C=O) groups is 2. The predicted octanol–water partition coefficient (Wildman–Crippen LogP) is 0.372. The van der Waals surface area contributed by atoms with Crippen molar-refractivity contribution in [3.8, 4) is 0 Å². The minimum atomic E-state index is -0.488. The number of nitrogens with one attached hydrogen (secondary N) is 2. The van der Waals surface area contributed by atoms with Gasteiger partial charge in [-0.3, -0.25) is 14.9 Å². The topological polar surface area (TPSA) is 84.2 Å². The molecule has 1 atom stereocenters. The molecule has 0 spiro atoms. The molecular formula is C12H15N3O2. The lowest BCUT2D eigenvalue weighted by Crippen LogP contribution is -2.35. The molecule has 5 heteroatoms. The SMILES string of the molecule is Cc1cc(C)c2c(c1)NC(=O)C2NCC(N)=O. The van der Waals surface area contributed by atoms with Crippen molar-refractivity contribution in [1.82, 2.24) is 5.32 Å². The zero-order valence-electron chi connectivity index (χ0n) is 9.83. The van der Waals surface area contributed by atoms with Crippen LogP contribution in [0.1, 0.15) is 22.7 Å². The van der Waals surface area contributed by atoms with E-state index in [4.69, 9.17) is 5.73 Å². The number of rotatable bonds is 3. The van der Waals surface area contributed by atoms with Crippen molar-refractivity contribution in [1.29, 1.82) is 0 Å². The normalized spacial score (nSPS) is 17.8. The van der Waals surface area contributed by atoms with Gasteiger partial charge in [-0.2, -0.15) is 0 Å². The first-order chi connectivity index (χ1) is 7.99. The summed E-state index contributed by atoms with van der Waals surface area (Å²) in [4.78, 5) is 22.5. The van der Waals surface area contributed by atoms with Crippen LogP contribution in [0.2, 0.25) is 0 Å². The Morgan fingerprint density at radius 1 is 1.47 bits per heavy atom. The Morgan fingerprint density at radius 2 is 2.18 bits per heavy atom. The number of aryl methyl sites for hydroxylation is 2. The van der Waals surface area contributed by atoms with Crippen molar-refractivity contribution >= 4 is 17.5 Å². The van der Waals surface area contributed by atoms with E-state index in [1.807, 2.05) is 26.0 Å². The van der Waals surface area contributed by atoms with Crippen LogP contribution in [0, 0.1) is 13.8 Å². The number of hydrogen-bond donors (Lipinski definition) is 3. The zero-order valence-corrected chi connectivity index (χ0v) is 9.83. The van der Waals surface area contributed by atoms with Gasteiger partial charge < -0.3 is 11.1 Å². The quantitative estimate of drug-likeness (QED) is 0.705. The Morgan fingerprint density at radius 3 is 2.82 bits per heavy atom. The maximum Gasteiger partial charge on any atom is 0.246 e. The summed E-state index contributed by atoms with van der Waals surface area (Å²) < 4.78 is 0. The third-order valence-corrected chi connectivity index (χ3v) is 2.82. The summed E-state index contributed by atoms with van der Waals surface area (Å²) in [5, 5.41) is 5.66. The van der Waals surface area contributed by atoms with Crippen molar-refractivity contribution in [3.63, 3.8) is 0 Å². The van der Waals surface area contributed by atoms with E-state index in [0.29, 0.717) is 0 Å². The monoisotopic (exact) mass is 233 g/mol. The third kappa shape index (κ3) is 2.14. The van der Waals surface area contributed by atoms with Gasteiger partial charge in [0.15, 0.2) is 0 Å². The Balaban J connectivity index is 2.33.